The largest absolute Gasteiger partial charge is 0.507 e. The first-order chi connectivity index (χ1) is 15.3. The van der Waals surface area contributed by atoms with Gasteiger partial charge in [-0.05, 0) is 50.6 Å². The van der Waals surface area contributed by atoms with Crippen LogP contribution in [0.1, 0.15) is 25.0 Å². The van der Waals surface area contributed by atoms with Crippen LogP contribution in [-0.4, -0.2) is 88.7 Å². The summed E-state index contributed by atoms with van der Waals surface area (Å²) in [6.45, 7) is 0. The summed E-state index contributed by atoms with van der Waals surface area (Å²) in [5.74, 6) is -7.40. The first-order valence-corrected chi connectivity index (χ1v) is 10.7. The molecule has 1 amide bonds. The predicted molar refractivity (Wildman–Crippen MR) is 125 cm³/mol. The summed E-state index contributed by atoms with van der Waals surface area (Å²) >= 11 is 0. The Bertz CT molecular complexity index is 1100. The molecule has 34 heavy (non-hydrogen) atoms. The smallest absolute Gasteiger partial charge is 0.230 e. The minimum Gasteiger partial charge on any atom is -0.507 e. The number of phenolic OH excluding ortho intramolecular Hbond substituents is 1. The van der Waals surface area contributed by atoms with Crippen molar-refractivity contribution in [3.63, 3.8) is 0 Å². The topological polar surface area (TPSA) is 165 Å². The predicted octanol–water partition coefficient (Wildman–Crippen LogP) is -0.169. The second-order valence-electron chi connectivity index (χ2n) is 9.64. The fraction of sp³-hybridized carbons (Fsp3) is 0.542. The number of hydrogen-bond donors (Lipinski definition) is 5. The maximum absolute atomic E-state index is 13.7. The molecule has 6 unspecified atom stereocenters. The number of rotatable bonds is 3. The zero-order valence-electron chi connectivity index (χ0n) is 18.9. The van der Waals surface area contributed by atoms with E-state index in [-0.39, 0.29) is 37.2 Å². The van der Waals surface area contributed by atoms with Gasteiger partial charge in [-0.1, -0.05) is 7.43 Å². The average molecular weight is 476 g/mol. The van der Waals surface area contributed by atoms with Crippen molar-refractivity contribution in [2.24, 2.45) is 23.5 Å². The summed E-state index contributed by atoms with van der Waals surface area (Å²) in [6.07, 6.45) is -1.13. The summed E-state index contributed by atoms with van der Waals surface area (Å²) in [5, 5.41) is 44.0. The number of nitrogens with zero attached hydrogens (tertiary/aromatic N) is 2. The molecule has 4 rings (SSSR count). The molecule has 10 nitrogen and oxygen atoms in total. The quantitative estimate of drug-likeness (QED) is 0.373. The molecule has 0 heterocycles. The van der Waals surface area contributed by atoms with E-state index in [4.69, 9.17) is 5.73 Å². The molecule has 0 aromatic heterocycles. The van der Waals surface area contributed by atoms with Crippen LogP contribution in [0.15, 0.2) is 17.7 Å². The van der Waals surface area contributed by atoms with E-state index in [1.54, 1.807) is 25.1 Å². The lowest BCUT2D eigenvalue weighted by molar-refractivity contribution is -0.184. The Hall–Kier alpha value is -2.95. The van der Waals surface area contributed by atoms with Crippen molar-refractivity contribution in [3.05, 3.63) is 28.8 Å². The van der Waals surface area contributed by atoms with Gasteiger partial charge in [0.15, 0.2) is 11.4 Å². The normalized spacial score (nSPS) is 32.5. The standard InChI is InChI=1S/C23H29N3O7.CH4/c1-25(2)12-5-6-13(27)15-10(12)7-9-8-11-17(26(3)4)19(29)16(22(24)32)21(31)23(11,33)20(30)14(9)18(15)28;/h5-6,9,11,16-17,19,27-29,33H,7-8H2,1-4H3,(H2,24,32);1H4. The van der Waals surface area contributed by atoms with E-state index >= 15 is 0 Å². The lowest BCUT2D eigenvalue weighted by Crippen LogP contribution is -2.73. The van der Waals surface area contributed by atoms with Crippen molar-refractivity contribution < 1.29 is 34.8 Å². The van der Waals surface area contributed by atoms with Gasteiger partial charge < -0.3 is 36.0 Å². The second-order valence-corrected chi connectivity index (χ2v) is 9.64. The van der Waals surface area contributed by atoms with Crippen LogP contribution in [-0.2, 0) is 20.8 Å². The van der Waals surface area contributed by atoms with Crippen molar-refractivity contribution >= 4 is 28.9 Å². The molecule has 0 radical (unpaired) electrons. The van der Waals surface area contributed by atoms with Gasteiger partial charge in [0.2, 0.25) is 11.7 Å². The van der Waals surface area contributed by atoms with Crippen LogP contribution < -0.4 is 10.6 Å². The molecule has 6 atom stereocenters. The summed E-state index contributed by atoms with van der Waals surface area (Å²) in [5.41, 5.74) is 4.05. The molecule has 0 aliphatic heterocycles. The van der Waals surface area contributed by atoms with Crippen LogP contribution in [0.25, 0.3) is 5.76 Å². The highest BCUT2D eigenvalue weighted by atomic mass is 16.3. The number of nitrogens with two attached hydrogens (primary N) is 1. The van der Waals surface area contributed by atoms with Crippen LogP contribution in [0, 0.1) is 17.8 Å². The van der Waals surface area contributed by atoms with Gasteiger partial charge in [-0.25, -0.2) is 0 Å². The van der Waals surface area contributed by atoms with Gasteiger partial charge in [0.1, 0.15) is 17.4 Å². The van der Waals surface area contributed by atoms with Crippen molar-refractivity contribution in [3.8, 4) is 5.75 Å². The number of primary amides is 1. The van der Waals surface area contributed by atoms with Crippen LogP contribution >= 0.6 is 0 Å². The Balaban J connectivity index is 0.00000324. The van der Waals surface area contributed by atoms with Crippen LogP contribution in [0.2, 0.25) is 0 Å². The Morgan fingerprint density at radius 1 is 1.15 bits per heavy atom. The Morgan fingerprint density at radius 3 is 2.29 bits per heavy atom. The minimum absolute atomic E-state index is 0. The number of Topliss-reactive ketones (excluding diaryl/α,β-unsaturated/α-hetero) is 2. The van der Waals surface area contributed by atoms with E-state index in [2.05, 4.69) is 0 Å². The third kappa shape index (κ3) is 3.24. The van der Waals surface area contributed by atoms with Gasteiger partial charge in [-0.2, -0.15) is 0 Å². The molecule has 0 spiro atoms. The third-order valence-electron chi connectivity index (χ3n) is 7.43. The summed E-state index contributed by atoms with van der Waals surface area (Å²) in [7, 11) is 6.87. The summed E-state index contributed by atoms with van der Waals surface area (Å²) < 4.78 is 0. The highest BCUT2D eigenvalue weighted by Crippen LogP contribution is 2.53. The van der Waals surface area contributed by atoms with Gasteiger partial charge >= 0.3 is 0 Å². The number of anilines is 1. The van der Waals surface area contributed by atoms with Gasteiger partial charge in [-0.15, -0.1) is 0 Å². The van der Waals surface area contributed by atoms with E-state index in [0.29, 0.717) is 5.56 Å². The van der Waals surface area contributed by atoms with E-state index in [1.807, 2.05) is 19.0 Å². The number of aliphatic hydroxyl groups excluding tert-OH is 2. The second kappa shape index (κ2) is 8.37. The van der Waals surface area contributed by atoms with Gasteiger partial charge in [0.25, 0.3) is 0 Å². The third-order valence-corrected chi connectivity index (χ3v) is 7.43. The van der Waals surface area contributed by atoms with Crippen LogP contribution in [0.5, 0.6) is 5.75 Å². The number of ketones is 2. The maximum atomic E-state index is 13.7. The monoisotopic (exact) mass is 475 g/mol. The number of aliphatic hydroxyl groups is 3. The Kier molecular flexibility index (Phi) is 6.32. The SMILES string of the molecule is C.CN(C)c1ccc(O)c2c1CC1CC3C(N(C)C)C(O)C(C(N)=O)C(=O)C3(O)C(=O)C1=C2O. The highest BCUT2D eigenvalue weighted by Gasteiger charge is 2.67. The zero-order valence-corrected chi connectivity index (χ0v) is 18.9. The van der Waals surface area contributed by atoms with Crippen molar-refractivity contribution in [1.29, 1.82) is 0 Å². The van der Waals surface area contributed by atoms with E-state index < -0.39 is 58.7 Å². The Morgan fingerprint density at radius 2 is 1.76 bits per heavy atom. The van der Waals surface area contributed by atoms with Gasteiger partial charge in [-0.3, -0.25) is 14.4 Å². The molecule has 2 saturated carbocycles. The van der Waals surface area contributed by atoms with Crippen LogP contribution in [0.4, 0.5) is 5.69 Å². The number of aromatic hydroxyl groups is 1. The zero-order chi connectivity index (χ0) is 24.6. The number of carbonyl (C=O) groups is 3. The fourth-order valence-electron chi connectivity index (χ4n) is 6.01. The number of amides is 1. The van der Waals surface area contributed by atoms with Gasteiger partial charge in [0.05, 0.1) is 11.7 Å². The first-order valence-electron chi connectivity index (χ1n) is 10.7. The number of carbonyl (C=O) groups excluding carboxylic acids is 3. The molecule has 6 N–H and O–H groups in total. The number of benzene rings is 1. The fourth-order valence-corrected chi connectivity index (χ4v) is 6.01. The maximum Gasteiger partial charge on any atom is 0.230 e. The Labute approximate surface area is 198 Å². The van der Waals surface area contributed by atoms with Crippen LogP contribution in [0.3, 0.4) is 0 Å². The minimum atomic E-state index is -2.64. The molecule has 186 valence electrons. The molecule has 0 bridgehead atoms. The van der Waals surface area contributed by atoms with E-state index in [9.17, 15) is 34.8 Å². The lowest BCUT2D eigenvalue weighted by Gasteiger charge is -2.53. The number of phenols is 1. The lowest BCUT2D eigenvalue weighted by atomic mass is 9.54. The van der Waals surface area contributed by atoms with Gasteiger partial charge in [0, 0.05) is 37.3 Å². The van der Waals surface area contributed by atoms with Crippen molar-refractivity contribution in [2.45, 2.75) is 38.0 Å². The molecule has 2 fully saturated rings. The average Bonchev–Trinajstić information content (AvgIpc) is 2.70. The molecule has 1 aromatic rings. The van der Waals surface area contributed by atoms with Crippen molar-refractivity contribution in [1.82, 2.24) is 4.90 Å². The molecule has 1 aromatic carbocycles. The summed E-state index contributed by atoms with van der Waals surface area (Å²) in [4.78, 5) is 42.3. The van der Waals surface area contributed by atoms with E-state index in [0.717, 1.165) is 5.69 Å². The molecule has 10 heteroatoms. The number of likely N-dealkylation sites (N-methyl/N-ethyl adjacent to an activating group) is 1. The van der Waals surface area contributed by atoms with Crippen molar-refractivity contribution in [2.75, 3.05) is 33.1 Å². The first kappa shape index (κ1) is 25.7. The number of hydrogen-bond acceptors (Lipinski definition) is 9. The summed E-state index contributed by atoms with van der Waals surface area (Å²) in [6, 6.07) is 2.21. The molecular weight excluding hydrogens is 442 g/mol. The van der Waals surface area contributed by atoms with E-state index in [1.165, 1.54) is 6.07 Å². The molecular formula is C24H33N3O7. The molecule has 0 saturated heterocycles. The molecule has 3 aliphatic carbocycles. The molecule has 3 aliphatic rings. The number of fused-ring (bicyclic) bond motifs is 3. The highest BCUT2D eigenvalue weighted by molar-refractivity contribution is 6.25.